The molecule has 0 aliphatic heterocycles. The van der Waals surface area contributed by atoms with E-state index in [9.17, 15) is 4.79 Å². The van der Waals surface area contributed by atoms with Crippen molar-refractivity contribution in [2.45, 2.75) is 0 Å². The van der Waals surface area contributed by atoms with Crippen molar-refractivity contribution in [3.8, 4) is 40.1 Å². The molecule has 0 aliphatic carbocycles. The van der Waals surface area contributed by atoms with Crippen LogP contribution in [0.25, 0.3) is 22.3 Å². The predicted octanol–water partition coefficient (Wildman–Crippen LogP) is 3.50. The maximum atomic E-state index is 12.7. The van der Waals surface area contributed by atoms with Gasteiger partial charge in [0.25, 0.3) is 0 Å². The second-order valence-corrected chi connectivity index (χ2v) is 5.56. The van der Waals surface area contributed by atoms with E-state index in [2.05, 4.69) is 0 Å². The summed E-state index contributed by atoms with van der Waals surface area (Å²) in [5, 5.41) is 0.385. The molecule has 0 radical (unpaired) electrons. The molecule has 1 aromatic heterocycles. The Labute approximate surface area is 156 Å². The van der Waals surface area contributed by atoms with Gasteiger partial charge in [-0.15, -0.1) is 0 Å². The second kappa shape index (κ2) is 7.49. The molecule has 0 spiro atoms. The van der Waals surface area contributed by atoms with Crippen LogP contribution in [0.2, 0.25) is 0 Å². The van der Waals surface area contributed by atoms with Crippen LogP contribution >= 0.6 is 0 Å². The van der Waals surface area contributed by atoms with Crippen molar-refractivity contribution in [2.24, 2.45) is 0 Å². The molecule has 0 aliphatic rings. The number of fused-ring (bicyclic) bond motifs is 1. The summed E-state index contributed by atoms with van der Waals surface area (Å²) >= 11 is 0. The van der Waals surface area contributed by atoms with Gasteiger partial charge in [0.15, 0.2) is 28.4 Å². The summed E-state index contributed by atoms with van der Waals surface area (Å²) in [7, 11) is 7.58. The fraction of sp³-hybridized carbons (Fsp3) is 0.250. The Kier molecular flexibility index (Phi) is 5.12. The number of ether oxygens (including phenoxy) is 5. The molecule has 0 bridgehead atoms. The van der Waals surface area contributed by atoms with Gasteiger partial charge >= 0.3 is 0 Å². The number of benzene rings is 2. The summed E-state index contributed by atoms with van der Waals surface area (Å²) < 4.78 is 32.7. The lowest BCUT2D eigenvalue weighted by molar-refractivity contribution is 0.325. The molecule has 3 rings (SSSR count). The van der Waals surface area contributed by atoms with Crippen molar-refractivity contribution in [3.63, 3.8) is 0 Å². The Morgan fingerprint density at radius 1 is 0.704 bits per heavy atom. The number of rotatable bonds is 6. The Hall–Kier alpha value is -3.35. The zero-order valence-electron chi connectivity index (χ0n) is 15.7. The van der Waals surface area contributed by atoms with Crippen LogP contribution in [0.5, 0.6) is 28.7 Å². The van der Waals surface area contributed by atoms with Gasteiger partial charge in [0.2, 0.25) is 5.75 Å². The Morgan fingerprint density at radius 2 is 1.33 bits per heavy atom. The zero-order chi connectivity index (χ0) is 19.6. The molecule has 0 N–H and O–H groups in total. The van der Waals surface area contributed by atoms with Crippen molar-refractivity contribution in [3.05, 3.63) is 40.6 Å². The average molecular weight is 372 g/mol. The highest BCUT2D eigenvalue weighted by molar-refractivity contribution is 5.83. The number of hydrogen-bond donors (Lipinski definition) is 0. The first-order valence-corrected chi connectivity index (χ1v) is 8.07. The second-order valence-electron chi connectivity index (χ2n) is 5.56. The lowest BCUT2D eigenvalue weighted by Gasteiger charge is -2.15. The van der Waals surface area contributed by atoms with Crippen molar-refractivity contribution >= 4 is 11.0 Å². The normalized spacial score (nSPS) is 10.6. The molecule has 0 atom stereocenters. The molecule has 27 heavy (non-hydrogen) atoms. The van der Waals surface area contributed by atoms with Crippen molar-refractivity contribution in [1.82, 2.24) is 0 Å². The van der Waals surface area contributed by atoms with Crippen molar-refractivity contribution in [1.29, 1.82) is 0 Å². The Balaban J connectivity index is 2.28. The molecule has 2 aromatic carbocycles. The summed E-state index contributed by atoms with van der Waals surface area (Å²) in [5.74, 6) is 2.57. The van der Waals surface area contributed by atoms with E-state index in [0.717, 1.165) is 0 Å². The van der Waals surface area contributed by atoms with Gasteiger partial charge in [0.1, 0.15) is 11.3 Å². The topological polar surface area (TPSA) is 76.4 Å². The third kappa shape index (κ3) is 3.12. The van der Waals surface area contributed by atoms with E-state index < -0.39 is 0 Å². The van der Waals surface area contributed by atoms with Gasteiger partial charge in [-0.2, -0.15) is 0 Å². The highest BCUT2D eigenvalue weighted by Crippen LogP contribution is 2.44. The van der Waals surface area contributed by atoms with Crippen LogP contribution in [0.15, 0.2) is 39.5 Å². The first kappa shape index (κ1) is 18.4. The van der Waals surface area contributed by atoms with Crippen molar-refractivity contribution in [2.75, 3.05) is 35.5 Å². The highest BCUT2D eigenvalue weighted by Gasteiger charge is 2.20. The van der Waals surface area contributed by atoms with E-state index in [1.165, 1.54) is 41.6 Å². The third-order valence-electron chi connectivity index (χ3n) is 4.20. The summed E-state index contributed by atoms with van der Waals surface area (Å²) in [6.07, 6.45) is 0. The van der Waals surface area contributed by atoms with Gasteiger partial charge in [0, 0.05) is 12.1 Å². The van der Waals surface area contributed by atoms with Crippen LogP contribution in [-0.4, -0.2) is 35.5 Å². The molecule has 3 aromatic rings. The van der Waals surface area contributed by atoms with Gasteiger partial charge in [-0.05, 0) is 18.2 Å². The van der Waals surface area contributed by atoms with Gasteiger partial charge in [-0.25, -0.2) is 0 Å². The molecular formula is C20H20O7. The summed E-state index contributed by atoms with van der Waals surface area (Å²) in [6, 6.07) is 8.07. The molecule has 0 fully saturated rings. The van der Waals surface area contributed by atoms with Crippen LogP contribution in [-0.2, 0) is 0 Å². The van der Waals surface area contributed by atoms with Crippen LogP contribution in [0.4, 0.5) is 0 Å². The molecule has 0 saturated heterocycles. The molecule has 7 nitrogen and oxygen atoms in total. The molecule has 0 saturated carbocycles. The van der Waals surface area contributed by atoms with Crippen LogP contribution in [0.1, 0.15) is 0 Å². The molecule has 7 heteroatoms. The molecule has 0 unspecified atom stereocenters. The predicted molar refractivity (Wildman–Crippen MR) is 101 cm³/mol. The maximum Gasteiger partial charge on any atom is 0.204 e. The van der Waals surface area contributed by atoms with E-state index >= 15 is 0 Å². The molecular weight excluding hydrogens is 352 g/mol. The lowest BCUT2D eigenvalue weighted by atomic mass is 10.1. The lowest BCUT2D eigenvalue weighted by Crippen LogP contribution is -2.03. The van der Waals surface area contributed by atoms with Crippen LogP contribution < -0.4 is 29.1 Å². The van der Waals surface area contributed by atoms with Gasteiger partial charge in [0.05, 0.1) is 46.5 Å². The zero-order valence-corrected chi connectivity index (χ0v) is 15.7. The summed E-state index contributed by atoms with van der Waals surface area (Å²) in [4.78, 5) is 12.7. The first-order chi connectivity index (χ1) is 13.1. The summed E-state index contributed by atoms with van der Waals surface area (Å²) in [6.45, 7) is 0. The monoisotopic (exact) mass is 372 g/mol. The average Bonchev–Trinajstić information content (AvgIpc) is 2.71. The minimum Gasteiger partial charge on any atom is -0.493 e. The fourth-order valence-corrected chi connectivity index (χ4v) is 2.91. The van der Waals surface area contributed by atoms with Crippen LogP contribution in [0, 0.1) is 0 Å². The van der Waals surface area contributed by atoms with E-state index in [0.29, 0.717) is 51.0 Å². The van der Waals surface area contributed by atoms with Gasteiger partial charge in [-0.1, -0.05) is 0 Å². The van der Waals surface area contributed by atoms with E-state index in [4.69, 9.17) is 28.1 Å². The SMILES string of the molecule is COc1cc2oc(-c3ccc(OC)c(OC)c3OC)cc(=O)c2cc1OC. The fourth-order valence-electron chi connectivity index (χ4n) is 2.91. The molecule has 1 heterocycles. The van der Waals surface area contributed by atoms with Gasteiger partial charge in [-0.3, -0.25) is 4.79 Å². The smallest absolute Gasteiger partial charge is 0.204 e. The molecule has 0 amide bonds. The number of methoxy groups -OCH3 is 5. The van der Waals surface area contributed by atoms with E-state index in [1.54, 1.807) is 24.3 Å². The van der Waals surface area contributed by atoms with Gasteiger partial charge < -0.3 is 28.1 Å². The van der Waals surface area contributed by atoms with Crippen LogP contribution in [0.3, 0.4) is 0 Å². The third-order valence-corrected chi connectivity index (χ3v) is 4.20. The Bertz CT molecular complexity index is 1040. The van der Waals surface area contributed by atoms with E-state index in [-0.39, 0.29) is 5.43 Å². The van der Waals surface area contributed by atoms with Crippen molar-refractivity contribution < 1.29 is 28.1 Å². The standard InChI is InChI=1S/C20H20O7/c1-22-14-7-6-11(19(25-4)20(14)26-5)15-9-13(21)12-8-17(23-2)18(24-3)10-16(12)27-15/h6-10H,1-5H3. The van der Waals surface area contributed by atoms with E-state index in [1.807, 2.05) is 0 Å². The minimum absolute atomic E-state index is 0.218. The Morgan fingerprint density at radius 3 is 1.93 bits per heavy atom. The first-order valence-electron chi connectivity index (χ1n) is 8.07. The number of hydrogen-bond acceptors (Lipinski definition) is 7. The minimum atomic E-state index is -0.218. The highest BCUT2D eigenvalue weighted by atomic mass is 16.5. The molecule has 142 valence electrons. The maximum absolute atomic E-state index is 12.7. The largest absolute Gasteiger partial charge is 0.493 e. The summed E-state index contributed by atoms with van der Waals surface area (Å²) in [5.41, 5.74) is 0.708. The quantitative estimate of drug-likeness (QED) is 0.655.